The number of hydrogen-bond donors (Lipinski definition) is 0. The van der Waals surface area contributed by atoms with Gasteiger partial charge >= 0.3 is 0 Å². The van der Waals surface area contributed by atoms with E-state index >= 15 is 0 Å². The minimum Gasteiger partial charge on any atom is -0.339 e. The molecule has 2 heterocycles. The van der Waals surface area contributed by atoms with Crippen molar-refractivity contribution < 1.29 is 13.7 Å². The van der Waals surface area contributed by atoms with Gasteiger partial charge in [-0.2, -0.15) is 4.98 Å². The molecule has 3 aromatic rings. The molecule has 1 aliphatic rings. The molecule has 1 amide bonds. The number of likely N-dealkylation sites (tertiary alicyclic amines) is 1. The summed E-state index contributed by atoms with van der Waals surface area (Å²) in [4.78, 5) is 19.0. The Hall–Kier alpha value is -3.02. The first-order valence-corrected chi connectivity index (χ1v) is 9.05. The topological polar surface area (TPSA) is 59.2 Å². The molecule has 0 N–H and O–H groups in total. The van der Waals surface area contributed by atoms with E-state index in [4.69, 9.17) is 4.52 Å². The minimum absolute atomic E-state index is 0.0117. The molecule has 0 aliphatic carbocycles. The lowest BCUT2D eigenvalue weighted by molar-refractivity contribution is 0.0695. The van der Waals surface area contributed by atoms with E-state index in [0.717, 1.165) is 24.0 Å². The lowest BCUT2D eigenvalue weighted by atomic mass is 9.97. The Morgan fingerprint density at radius 3 is 2.89 bits per heavy atom. The van der Waals surface area contributed by atoms with Gasteiger partial charge in [-0.25, -0.2) is 4.39 Å². The number of carbonyl (C=O) groups is 1. The van der Waals surface area contributed by atoms with Crippen LogP contribution in [-0.2, 0) is 0 Å². The predicted octanol–water partition coefficient (Wildman–Crippen LogP) is 4.20. The fraction of sp³-hybridized carbons (Fsp3) is 0.286. The zero-order chi connectivity index (χ0) is 18.8. The molecule has 0 bridgehead atoms. The highest BCUT2D eigenvalue weighted by Gasteiger charge is 2.29. The van der Waals surface area contributed by atoms with Gasteiger partial charge in [0.2, 0.25) is 11.7 Å². The summed E-state index contributed by atoms with van der Waals surface area (Å²) in [5, 5.41) is 4.10. The van der Waals surface area contributed by atoms with E-state index in [9.17, 15) is 9.18 Å². The first kappa shape index (κ1) is 17.4. The Morgan fingerprint density at radius 1 is 1.22 bits per heavy atom. The van der Waals surface area contributed by atoms with Crippen molar-refractivity contribution in [3.05, 3.63) is 71.4 Å². The molecule has 0 radical (unpaired) electrons. The van der Waals surface area contributed by atoms with Gasteiger partial charge in [0.1, 0.15) is 5.82 Å². The van der Waals surface area contributed by atoms with Gasteiger partial charge in [-0.05, 0) is 44.0 Å². The lowest BCUT2D eigenvalue weighted by Gasteiger charge is -2.31. The summed E-state index contributed by atoms with van der Waals surface area (Å²) < 4.78 is 18.9. The number of nitrogens with zero attached hydrogens (tertiary/aromatic N) is 3. The molecule has 0 saturated carbocycles. The third-order valence-corrected chi connectivity index (χ3v) is 4.85. The molecule has 1 aliphatic heterocycles. The molecule has 2 aromatic carbocycles. The van der Waals surface area contributed by atoms with Gasteiger partial charge in [-0.1, -0.05) is 35.0 Å². The quantitative estimate of drug-likeness (QED) is 0.698. The lowest BCUT2D eigenvalue weighted by Crippen LogP contribution is -2.39. The summed E-state index contributed by atoms with van der Waals surface area (Å²) in [6, 6.07) is 13.7. The number of rotatable bonds is 3. The number of halogens is 1. The first-order valence-electron chi connectivity index (χ1n) is 9.05. The van der Waals surface area contributed by atoms with Gasteiger partial charge in [0.15, 0.2) is 0 Å². The monoisotopic (exact) mass is 365 g/mol. The number of piperidine rings is 1. The summed E-state index contributed by atoms with van der Waals surface area (Å²) in [5.74, 6) is 0.513. The number of hydrogen-bond acceptors (Lipinski definition) is 4. The van der Waals surface area contributed by atoms with Crippen molar-refractivity contribution in [3.63, 3.8) is 0 Å². The third kappa shape index (κ3) is 3.74. The molecular weight excluding hydrogens is 345 g/mol. The van der Waals surface area contributed by atoms with Crippen molar-refractivity contribution in [2.75, 3.05) is 13.1 Å². The molecule has 1 atom stereocenters. The van der Waals surface area contributed by atoms with Crippen molar-refractivity contribution in [1.29, 1.82) is 0 Å². The molecule has 0 spiro atoms. The Morgan fingerprint density at radius 2 is 2.07 bits per heavy atom. The molecule has 4 rings (SSSR count). The summed E-state index contributed by atoms with van der Waals surface area (Å²) >= 11 is 0. The van der Waals surface area contributed by atoms with Gasteiger partial charge in [0.25, 0.3) is 5.91 Å². The summed E-state index contributed by atoms with van der Waals surface area (Å²) in [5.41, 5.74) is 2.40. The second-order valence-electron chi connectivity index (χ2n) is 6.93. The van der Waals surface area contributed by atoms with Crippen LogP contribution in [0.5, 0.6) is 0 Å². The number of amides is 1. The molecule has 6 heteroatoms. The largest absolute Gasteiger partial charge is 0.339 e. The zero-order valence-electron chi connectivity index (χ0n) is 15.1. The molecule has 27 heavy (non-hydrogen) atoms. The normalized spacial score (nSPS) is 17.1. The summed E-state index contributed by atoms with van der Waals surface area (Å²) in [7, 11) is 0. The highest BCUT2D eigenvalue weighted by molar-refractivity contribution is 5.94. The molecule has 5 nitrogen and oxygen atoms in total. The Balaban J connectivity index is 1.51. The van der Waals surface area contributed by atoms with E-state index in [1.807, 2.05) is 31.2 Å². The first-order chi connectivity index (χ1) is 13.1. The fourth-order valence-electron chi connectivity index (χ4n) is 3.47. The van der Waals surface area contributed by atoms with Crippen LogP contribution in [0, 0.1) is 12.7 Å². The van der Waals surface area contributed by atoms with Crippen molar-refractivity contribution in [1.82, 2.24) is 15.0 Å². The number of aromatic nitrogens is 2. The van der Waals surface area contributed by atoms with Gasteiger partial charge in [-0.3, -0.25) is 4.79 Å². The van der Waals surface area contributed by atoms with Crippen molar-refractivity contribution in [2.24, 2.45) is 0 Å². The van der Waals surface area contributed by atoms with Crippen molar-refractivity contribution in [3.8, 4) is 11.4 Å². The average molecular weight is 365 g/mol. The highest BCUT2D eigenvalue weighted by atomic mass is 19.1. The fourth-order valence-corrected chi connectivity index (χ4v) is 3.47. The standard InChI is InChI=1S/C21H20FN3O2/c1-14-5-2-6-15(11-14)19-23-20(27-24-19)17-8-4-10-25(13-17)21(26)16-7-3-9-18(22)12-16/h2-3,5-7,9,11-12,17H,4,8,10,13H2,1H3. The molecule has 138 valence electrons. The average Bonchev–Trinajstić information content (AvgIpc) is 3.18. The van der Waals surface area contributed by atoms with Gasteiger partial charge in [0, 0.05) is 24.2 Å². The SMILES string of the molecule is Cc1cccc(-c2noc(C3CCCN(C(=O)c4cccc(F)c4)C3)n2)c1. The van der Waals surface area contributed by atoms with E-state index < -0.39 is 5.82 Å². The van der Waals surface area contributed by atoms with E-state index in [1.165, 1.54) is 12.1 Å². The van der Waals surface area contributed by atoms with E-state index in [0.29, 0.717) is 30.4 Å². The molecule has 1 saturated heterocycles. The maximum absolute atomic E-state index is 13.4. The Kier molecular flexibility index (Phi) is 4.71. The zero-order valence-corrected chi connectivity index (χ0v) is 15.1. The number of benzene rings is 2. The molecular formula is C21H20FN3O2. The highest BCUT2D eigenvalue weighted by Crippen LogP contribution is 2.28. The molecule has 1 unspecified atom stereocenters. The van der Waals surface area contributed by atoms with E-state index in [1.54, 1.807) is 17.0 Å². The maximum atomic E-state index is 13.4. The van der Waals surface area contributed by atoms with Crippen LogP contribution in [0.25, 0.3) is 11.4 Å². The third-order valence-electron chi connectivity index (χ3n) is 4.85. The summed E-state index contributed by atoms with van der Waals surface area (Å²) in [6.45, 7) is 3.15. The van der Waals surface area contributed by atoms with Crippen LogP contribution >= 0.6 is 0 Å². The number of aryl methyl sites for hydroxylation is 1. The van der Waals surface area contributed by atoms with E-state index in [2.05, 4.69) is 10.1 Å². The van der Waals surface area contributed by atoms with Gasteiger partial charge in [-0.15, -0.1) is 0 Å². The van der Waals surface area contributed by atoms with Gasteiger partial charge < -0.3 is 9.42 Å². The van der Waals surface area contributed by atoms with Crippen molar-refractivity contribution in [2.45, 2.75) is 25.7 Å². The number of carbonyl (C=O) groups excluding carboxylic acids is 1. The van der Waals surface area contributed by atoms with Gasteiger partial charge in [0.05, 0.1) is 5.92 Å². The van der Waals surface area contributed by atoms with Crippen LogP contribution in [0.1, 0.15) is 40.6 Å². The van der Waals surface area contributed by atoms with Crippen LogP contribution in [0.4, 0.5) is 4.39 Å². The van der Waals surface area contributed by atoms with Crippen LogP contribution in [-0.4, -0.2) is 34.0 Å². The Labute approximate surface area is 156 Å². The minimum atomic E-state index is -0.408. The Bertz CT molecular complexity index is 969. The second-order valence-corrected chi connectivity index (χ2v) is 6.93. The molecule has 1 aromatic heterocycles. The second kappa shape index (κ2) is 7.31. The van der Waals surface area contributed by atoms with Crippen LogP contribution < -0.4 is 0 Å². The van der Waals surface area contributed by atoms with E-state index in [-0.39, 0.29) is 11.8 Å². The van der Waals surface area contributed by atoms with Crippen LogP contribution in [0.2, 0.25) is 0 Å². The predicted molar refractivity (Wildman–Crippen MR) is 98.7 cm³/mol. The van der Waals surface area contributed by atoms with Crippen LogP contribution in [0.3, 0.4) is 0 Å². The van der Waals surface area contributed by atoms with Crippen molar-refractivity contribution >= 4 is 5.91 Å². The maximum Gasteiger partial charge on any atom is 0.253 e. The summed E-state index contributed by atoms with van der Waals surface area (Å²) in [6.07, 6.45) is 1.72. The smallest absolute Gasteiger partial charge is 0.253 e. The molecule has 1 fully saturated rings. The van der Waals surface area contributed by atoms with Crippen LogP contribution in [0.15, 0.2) is 53.1 Å².